The summed E-state index contributed by atoms with van der Waals surface area (Å²) in [4.78, 5) is 10.8. The van der Waals surface area contributed by atoms with Crippen molar-refractivity contribution in [3.05, 3.63) is 0 Å². The molecule has 1 heterocycles. The molecule has 0 N–H and O–H groups in total. The van der Waals surface area contributed by atoms with E-state index in [9.17, 15) is 4.79 Å². The van der Waals surface area contributed by atoms with Crippen LogP contribution in [0, 0.1) is 0 Å². The first kappa shape index (κ1) is 10.5. The van der Waals surface area contributed by atoms with E-state index >= 15 is 0 Å². The molecule has 0 bridgehead atoms. The maximum Gasteiger partial charge on any atom is 0.332 e. The van der Waals surface area contributed by atoms with Gasteiger partial charge in [0.15, 0.2) is 0 Å². The van der Waals surface area contributed by atoms with Crippen LogP contribution in [0.15, 0.2) is 0 Å². The Labute approximate surface area is 78.2 Å². The molecule has 1 rings (SSSR count). The van der Waals surface area contributed by atoms with Gasteiger partial charge in [-0.05, 0) is 19.8 Å². The summed E-state index contributed by atoms with van der Waals surface area (Å²) in [5.74, 6) is -0.305. The van der Waals surface area contributed by atoms with Gasteiger partial charge in [-0.25, -0.2) is 4.79 Å². The normalized spacial score (nSPS) is 21.8. The third kappa shape index (κ3) is 4.24. The standard InChI is InChI=1S/C9H16O4/c1-2-12-9(10)7-11-6-8-4-3-5-13-8/h8H,2-7H2,1H3/t8-/m0/s1. The molecule has 76 valence electrons. The minimum Gasteiger partial charge on any atom is -0.464 e. The number of hydrogen-bond acceptors (Lipinski definition) is 4. The molecule has 4 nitrogen and oxygen atoms in total. The summed E-state index contributed by atoms with van der Waals surface area (Å²) in [5.41, 5.74) is 0. The van der Waals surface area contributed by atoms with E-state index in [1.807, 2.05) is 0 Å². The van der Waals surface area contributed by atoms with Crippen LogP contribution in [0.1, 0.15) is 19.8 Å². The van der Waals surface area contributed by atoms with Crippen LogP contribution in [0.4, 0.5) is 0 Å². The van der Waals surface area contributed by atoms with Crippen LogP contribution < -0.4 is 0 Å². The summed E-state index contributed by atoms with van der Waals surface area (Å²) in [6.45, 7) is 3.53. The van der Waals surface area contributed by atoms with Crippen LogP contribution in [0.5, 0.6) is 0 Å². The van der Waals surface area contributed by atoms with E-state index in [0.717, 1.165) is 19.4 Å². The topological polar surface area (TPSA) is 44.8 Å². The average molecular weight is 188 g/mol. The predicted molar refractivity (Wildman–Crippen MR) is 46.4 cm³/mol. The minimum absolute atomic E-state index is 0.0354. The Bertz CT molecular complexity index is 152. The molecule has 0 amide bonds. The highest BCUT2D eigenvalue weighted by molar-refractivity contribution is 5.70. The third-order valence-corrected chi connectivity index (χ3v) is 1.85. The van der Waals surface area contributed by atoms with Gasteiger partial charge in [0.1, 0.15) is 6.61 Å². The fourth-order valence-electron chi connectivity index (χ4n) is 1.25. The zero-order chi connectivity index (χ0) is 9.52. The van der Waals surface area contributed by atoms with Crippen LogP contribution in [-0.4, -0.2) is 38.5 Å². The lowest BCUT2D eigenvalue weighted by Gasteiger charge is -2.09. The van der Waals surface area contributed by atoms with Gasteiger partial charge in [-0.15, -0.1) is 0 Å². The monoisotopic (exact) mass is 188 g/mol. The van der Waals surface area contributed by atoms with Crippen molar-refractivity contribution in [1.29, 1.82) is 0 Å². The lowest BCUT2D eigenvalue weighted by atomic mass is 10.2. The molecule has 1 aliphatic heterocycles. The maximum atomic E-state index is 10.8. The van der Waals surface area contributed by atoms with E-state index in [1.165, 1.54) is 0 Å². The number of ether oxygens (including phenoxy) is 3. The Morgan fingerprint density at radius 2 is 2.46 bits per heavy atom. The molecule has 0 aromatic carbocycles. The Morgan fingerprint density at radius 1 is 1.62 bits per heavy atom. The quantitative estimate of drug-likeness (QED) is 0.597. The first-order chi connectivity index (χ1) is 6.33. The molecule has 1 atom stereocenters. The molecule has 1 aliphatic rings. The van der Waals surface area contributed by atoms with Crippen molar-refractivity contribution in [2.45, 2.75) is 25.9 Å². The Hall–Kier alpha value is -0.610. The lowest BCUT2D eigenvalue weighted by molar-refractivity contribution is -0.149. The smallest absolute Gasteiger partial charge is 0.332 e. The zero-order valence-electron chi connectivity index (χ0n) is 7.95. The Morgan fingerprint density at radius 3 is 3.08 bits per heavy atom. The van der Waals surface area contributed by atoms with E-state index in [1.54, 1.807) is 6.92 Å². The molecular formula is C9H16O4. The van der Waals surface area contributed by atoms with Crippen molar-refractivity contribution in [1.82, 2.24) is 0 Å². The Kier molecular flexibility index (Phi) is 4.78. The van der Waals surface area contributed by atoms with Crippen LogP contribution in [-0.2, 0) is 19.0 Å². The largest absolute Gasteiger partial charge is 0.464 e. The molecule has 13 heavy (non-hydrogen) atoms. The van der Waals surface area contributed by atoms with Crippen LogP contribution in [0.3, 0.4) is 0 Å². The van der Waals surface area contributed by atoms with Gasteiger partial charge in [-0.1, -0.05) is 0 Å². The number of carbonyl (C=O) groups is 1. The minimum atomic E-state index is -0.305. The van der Waals surface area contributed by atoms with Gasteiger partial charge in [0, 0.05) is 6.61 Å². The summed E-state index contributed by atoms with van der Waals surface area (Å²) >= 11 is 0. The fraction of sp³-hybridized carbons (Fsp3) is 0.889. The summed E-state index contributed by atoms with van der Waals surface area (Å²) < 4.78 is 15.2. The first-order valence-corrected chi connectivity index (χ1v) is 4.68. The number of hydrogen-bond donors (Lipinski definition) is 0. The molecular weight excluding hydrogens is 172 g/mol. The summed E-state index contributed by atoms with van der Waals surface area (Å²) in [6.07, 6.45) is 2.30. The second kappa shape index (κ2) is 5.94. The van der Waals surface area contributed by atoms with Crippen LogP contribution in [0.25, 0.3) is 0 Å². The molecule has 0 aromatic heterocycles. The molecule has 0 aromatic rings. The molecule has 4 heteroatoms. The predicted octanol–water partition coefficient (Wildman–Crippen LogP) is 0.745. The lowest BCUT2D eigenvalue weighted by Crippen LogP contribution is -2.19. The number of esters is 1. The van der Waals surface area contributed by atoms with E-state index in [0.29, 0.717) is 13.2 Å². The van der Waals surface area contributed by atoms with Gasteiger partial charge in [0.2, 0.25) is 0 Å². The van der Waals surface area contributed by atoms with Crippen LogP contribution >= 0.6 is 0 Å². The zero-order valence-corrected chi connectivity index (χ0v) is 7.95. The summed E-state index contributed by atoms with van der Waals surface area (Å²) in [5, 5.41) is 0. The van der Waals surface area contributed by atoms with Gasteiger partial charge in [0.25, 0.3) is 0 Å². The molecule has 1 fully saturated rings. The highest BCUT2D eigenvalue weighted by Crippen LogP contribution is 2.11. The molecule has 0 spiro atoms. The van der Waals surface area contributed by atoms with Gasteiger partial charge >= 0.3 is 5.97 Å². The highest BCUT2D eigenvalue weighted by Gasteiger charge is 2.15. The SMILES string of the molecule is CCOC(=O)COC[C@@H]1CCCO1. The van der Waals surface area contributed by atoms with Crippen molar-refractivity contribution >= 4 is 5.97 Å². The highest BCUT2D eigenvalue weighted by atomic mass is 16.6. The molecule has 0 radical (unpaired) electrons. The maximum absolute atomic E-state index is 10.8. The second-order valence-corrected chi connectivity index (χ2v) is 2.96. The fourth-order valence-corrected chi connectivity index (χ4v) is 1.25. The van der Waals surface area contributed by atoms with Crippen molar-refractivity contribution in [2.75, 3.05) is 26.4 Å². The summed E-state index contributed by atoms with van der Waals surface area (Å²) in [7, 11) is 0. The molecule has 0 unspecified atom stereocenters. The van der Waals surface area contributed by atoms with Gasteiger partial charge in [-0.3, -0.25) is 0 Å². The average Bonchev–Trinajstić information content (AvgIpc) is 2.57. The van der Waals surface area contributed by atoms with Gasteiger partial charge in [-0.2, -0.15) is 0 Å². The Balaban J connectivity index is 1.96. The van der Waals surface area contributed by atoms with Gasteiger partial charge < -0.3 is 14.2 Å². The first-order valence-electron chi connectivity index (χ1n) is 4.68. The number of carbonyl (C=O) groups excluding carboxylic acids is 1. The van der Waals surface area contributed by atoms with E-state index < -0.39 is 0 Å². The van der Waals surface area contributed by atoms with Gasteiger partial charge in [0.05, 0.1) is 19.3 Å². The van der Waals surface area contributed by atoms with Crippen molar-refractivity contribution in [3.8, 4) is 0 Å². The van der Waals surface area contributed by atoms with E-state index in [4.69, 9.17) is 14.2 Å². The van der Waals surface area contributed by atoms with E-state index in [2.05, 4.69) is 0 Å². The molecule has 0 saturated carbocycles. The van der Waals surface area contributed by atoms with Crippen LogP contribution in [0.2, 0.25) is 0 Å². The van der Waals surface area contributed by atoms with Crippen molar-refractivity contribution < 1.29 is 19.0 Å². The van der Waals surface area contributed by atoms with Crippen molar-refractivity contribution in [3.63, 3.8) is 0 Å². The number of rotatable bonds is 5. The second-order valence-electron chi connectivity index (χ2n) is 2.96. The van der Waals surface area contributed by atoms with E-state index in [-0.39, 0.29) is 18.7 Å². The molecule has 1 saturated heterocycles. The van der Waals surface area contributed by atoms with Crippen molar-refractivity contribution in [2.24, 2.45) is 0 Å². The summed E-state index contributed by atoms with van der Waals surface area (Å²) in [6, 6.07) is 0. The molecule has 0 aliphatic carbocycles. The third-order valence-electron chi connectivity index (χ3n) is 1.85.